The Morgan fingerprint density at radius 1 is 0.525 bits per heavy atom. The molecule has 0 N–H and O–H groups in total. The van der Waals surface area contributed by atoms with Crippen LogP contribution >= 0.6 is 0 Å². The SMILES string of the molecule is C=CC(=O)OCCCCCCOc1ccc(/C=C/C(=O)O[C@H]2COC3C2OC[C@H]3OC(=O)c2ccc(OC(=O)c3ccc(OCCCCCCOC(=O)C=C)cc3)cc2)cc1. The van der Waals surface area contributed by atoms with Gasteiger partial charge < -0.3 is 42.6 Å². The molecule has 0 bridgehead atoms. The monoisotopic (exact) mass is 840 g/mol. The van der Waals surface area contributed by atoms with Crippen molar-refractivity contribution >= 4 is 35.9 Å². The van der Waals surface area contributed by atoms with Crippen molar-refractivity contribution in [2.45, 2.75) is 75.8 Å². The zero-order valence-electron chi connectivity index (χ0n) is 34.1. The third kappa shape index (κ3) is 15.4. The van der Waals surface area contributed by atoms with E-state index >= 15 is 0 Å². The number of hydrogen-bond acceptors (Lipinski definition) is 14. The zero-order chi connectivity index (χ0) is 43.2. The Labute approximate surface area is 355 Å². The number of hydrogen-bond donors (Lipinski definition) is 0. The van der Waals surface area contributed by atoms with Gasteiger partial charge in [-0.3, -0.25) is 0 Å². The molecule has 2 saturated heterocycles. The van der Waals surface area contributed by atoms with Gasteiger partial charge in [-0.2, -0.15) is 0 Å². The highest BCUT2D eigenvalue weighted by Crippen LogP contribution is 2.31. The zero-order valence-corrected chi connectivity index (χ0v) is 34.1. The van der Waals surface area contributed by atoms with Crippen molar-refractivity contribution in [1.82, 2.24) is 0 Å². The van der Waals surface area contributed by atoms with Gasteiger partial charge in [0.05, 0.1) is 50.8 Å². The Balaban J connectivity index is 0.958. The molecule has 324 valence electrons. The van der Waals surface area contributed by atoms with Crippen molar-refractivity contribution in [3.8, 4) is 17.2 Å². The maximum Gasteiger partial charge on any atom is 0.343 e. The Morgan fingerprint density at radius 2 is 0.967 bits per heavy atom. The maximum atomic E-state index is 13.0. The minimum atomic E-state index is -0.712. The molecule has 0 aliphatic carbocycles. The molecule has 2 heterocycles. The molecule has 2 fully saturated rings. The minimum absolute atomic E-state index is 0.0722. The first-order chi connectivity index (χ1) is 29.7. The van der Waals surface area contributed by atoms with Gasteiger partial charge in [0.25, 0.3) is 0 Å². The molecule has 4 atom stereocenters. The van der Waals surface area contributed by atoms with E-state index in [1.165, 1.54) is 30.3 Å². The highest BCUT2D eigenvalue weighted by Gasteiger charge is 2.51. The van der Waals surface area contributed by atoms with Crippen molar-refractivity contribution in [2.24, 2.45) is 0 Å². The lowest BCUT2D eigenvalue weighted by atomic mass is 10.1. The number of carbonyl (C=O) groups excluding carboxylic acids is 5. The van der Waals surface area contributed by atoms with Gasteiger partial charge >= 0.3 is 29.8 Å². The van der Waals surface area contributed by atoms with Gasteiger partial charge in [0.15, 0.2) is 12.2 Å². The molecule has 0 spiro atoms. The average Bonchev–Trinajstić information content (AvgIpc) is 3.87. The van der Waals surface area contributed by atoms with Crippen LogP contribution in [0.5, 0.6) is 17.2 Å². The Hall–Kier alpha value is -6.25. The number of benzene rings is 3. The summed E-state index contributed by atoms with van der Waals surface area (Å²) in [6.07, 6.45) is 9.68. The lowest BCUT2D eigenvalue weighted by molar-refractivity contribution is -0.147. The van der Waals surface area contributed by atoms with Crippen LogP contribution in [0.3, 0.4) is 0 Å². The largest absolute Gasteiger partial charge is 0.494 e. The van der Waals surface area contributed by atoms with Crippen LogP contribution in [0.25, 0.3) is 6.08 Å². The van der Waals surface area contributed by atoms with E-state index in [0.717, 1.165) is 69.1 Å². The van der Waals surface area contributed by atoms with Gasteiger partial charge in [-0.1, -0.05) is 25.3 Å². The van der Waals surface area contributed by atoms with Gasteiger partial charge in [0.1, 0.15) is 29.5 Å². The summed E-state index contributed by atoms with van der Waals surface area (Å²) in [7, 11) is 0. The number of fused-ring (bicyclic) bond motifs is 1. The van der Waals surface area contributed by atoms with Crippen molar-refractivity contribution < 1.29 is 66.6 Å². The molecule has 0 amide bonds. The molecule has 3 aromatic carbocycles. The fourth-order valence-electron chi connectivity index (χ4n) is 6.34. The van der Waals surface area contributed by atoms with E-state index in [1.54, 1.807) is 30.3 Å². The standard InChI is InChI=1S/C47H52O14/c1-3-41(48)55-29-11-7-5-9-27-53-36-20-13-33(14-21-36)15-26-43(50)60-39-31-57-45-40(32-58-44(39)45)61-47(52)35-18-24-38(25-19-35)59-46(51)34-16-22-37(23-17-34)54-28-10-6-8-12-30-56-42(49)4-2/h3-4,13-26,39-40,44-45H,1-2,5-12,27-32H2/b26-15+/t39-,40+,44?,45?/m0/s1. The number of carbonyl (C=O) groups is 5. The van der Waals surface area contributed by atoms with E-state index in [-0.39, 0.29) is 24.5 Å². The lowest BCUT2D eigenvalue weighted by Gasteiger charge is -2.17. The quantitative estimate of drug-likeness (QED) is 0.0276. The summed E-state index contributed by atoms with van der Waals surface area (Å²) in [5.74, 6) is -0.979. The molecular formula is C47H52O14. The second kappa shape index (κ2) is 24.7. The number of esters is 5. The third-order valence-corrected chi connectivity index (χ3v) is 9.61. The highest BCUT2D eigenvalue weighted by atomic mass is 16.7. The van der Waals surface area contributed by atoms with Crippen LogP contribution in [0.4, 0.5) is 0 Å². The average molecular weight is 841 g/mol. The van der Waals surface area contributed by atoms with Crippen LogP contribution in [-0.2, 0) is 42.8 Å². The van der Waals surface area contributed by atoms with Crippen LogP contribution in [0.2, 0.25) is 0 Å². The van der Waals surface area contributed by atoms with Crippen LogP contribution in [0, 0.1) is 0 Å². The normalized spacial score (nSPS) is 17.8. The molecule has 2 aliphatic heterocycles. The van der Waals surface area contributed by atoms with E-state index < -0.39 is 54.3 Å². The van der Waals surface area contributed by atoms with Gasteiger partial charge in [0.2, 0.25) is 0 Å². The molecule has 3 aromatic rings. The molecule has 5 rings (SSSR count). The summed E-state index contributed by atoms with van der Waals surface area (Å²) in [5.41, 5.74) is 1.36. The Bertz CT molecular complexity index is 1940. The smallest absolute Gasteiger partial charge is 0.343 e. The van der Waals surface area contributed by atoms with Crippen molar-refractivity contribution in [2.75, 3.05) is 39.6 Å². The van der Waals surface area contributed by atoms with E-state index in [0.29, 0.717) is 43.5 Å². The van der Waals surface area contributed by atoms with Crippen molar-refractivity contribution in [1.29, 1.82) is 0 Å². The molecule has 61 heavy (non-hydrogen) atoms. The van der Waals surface area contributed by atoms with E-state index in [4.69, 9.17) is 42.6 Å². The predicted molar refractivity (Wildman–Crippen MR) is 222 cm³/mol. The van der Waals surface area contributed by atoms with Gasteiger partial charge in [-0.25, -0.2) is 24.0 Å². The second-order valence-electron chi connectivity index (χ2n) is 14.1. The van der Waals surface area contributed by atoms with Gasteiger partial charge in [-0.15, -0.1) is 0 Å². The van der Waals surface area contributed by atoms with Crippen molar-refractivity contribution in [3.63, 3.8) is 0 Å². The third-order valence-electron chi connectivity index (χ3n) is 9.61. The first-order valence-corrected chi connectivity index (χ1v) is 20.4. The number of rotatable bonds is 25. The summed E-state index contributed by atoms with van der Waals surface area (Å²) in [6.45, 7) is 8.73. The van der Waals surface area contributed by atoms with Gasteiger partial charge in [-0.05, 0) is 124 Å². The van der Waals surface area contributed by atoms with E-state index in [9.17, 15) is 24.0 Å². The molecule has 0 saturated carbocycles. The van der Waals surface area contributed by atoms with Crippen LogP contribution in [0.15, 0.2) is 104 Å². The first-order valence-electron chi connectivity index (χ1n) is 20.4. The molecule has 14 nitrogen and oxygen atoms in total. The highest BCUT2D eigenvalue weighted by molar-refractivity contribution is 5.92. The fourth-order valence-corrected chi connectivity index (χ4v) is 6.34. The molecule has 0 radical (unpaired) electrons. The molecule has 0 aromatic heterocycles. The summed E-state index contributed by atoms with van der Waals surface area (Å²) in [4.78, 5) is 60.5. The molecule has 2 aliphatic rings. The van der Waals surface area contributed by atoms with Gasteiger partial charge in [0, 0.05) is 18.2 Å². The van der Waals surface area contributed by atoms with Crippen LogP contribution < -0.4 is 14.2 Å². The number of unbranched alkanes of at least 4 members (excludes halogenated alkanes) is 6. The topological polar surface area (TPSA) is 168 Å². The van der Waals surface area contributed by atoms with Crippen LogP contribution in [0.1, 0.15) is 77.6 Å². The minimum Gasteiger partial charge on any atom is -0.494 e. The van der Waals surface area contributed by atoms with Crippen LogP contribution in [-0.4, -0.2) is 93.9 Å². The van der Waals surface area contributed by atoms with E-state index in [1.807, 2.05) is 24.3 Å². The molecule has 2 unspecified atom stereocenters. The second-order valence-corrected chi connectivity index (χ2v) is 14.1. The molecule has 14 heteroatoms. The summed E-state index contributed by atoms with van der Waals surface area (Å²) in [5, 5.41) is 0. The first kappa shape index (κ1) is 45.8. The fraction of sp³-hybridized carbons (Fsp3) is 0.383. The summed E-state index contributed by atoms with van der Waals surface area (Å²) < 4.78 is 49.9. The Kier molecular flexibility index (Phi) is 18.6. The lowest BCUT2D eigenvalue weighted by Crippen LogP contribution is -2.35. The number of ether oxygens (including phenoxy) is 9. The Morgan fingerprint density at radius 3 is 1.48 bits per heavy atom. The predicted octanol–water partition coefficient (Wildman–Crippen LogP) is 7.19. The van der Waals surface area contributed by atoms with Crippen molar-refractivity contribution in [3.05, 3.63) is 121 Å². The summed E-state index contributed by atoms with van der Waals surface area (Å²) in [6, 6.07) is 19.9. The summed E-state index contributed by atoms with van der Waals surface area (Å²) >= 11 is 0. The van der Waals surface area contributed by atoms with E-state index in [2.05, 4.69) is 13.2 Å². The molecular weight excluding hydrogens is 789 g/mol. The maximum absolute atomic E-state index is 13.0.